The largest absolute Gasteiger partial charge is 0.496 e. The zero-order chi connectivity index (χ0) is 14.5. The van der Waals surface area contributed by atoms with Crippen molar-refractivity contribution in [3.63, 3.8) is 0 Å². The summed E-state index contributed by atoms with van der Waals surface area (Å²) in [5.41, 5.74) is 3.40. The first kappa shape index (κ1) is 13.9. The maximum Gasteiger partial charge on any atom is 0.335 e. The summed E-state index contributed by atoms with van der Waals surface area (Å²) < 4.78 is 5.21. The normalized spacial score (nSPS) is 10.1. The van der Waals surface area contributed by atoms with E-state index in [9.17, 15) is 4.79 Å². The van der Waals surface area contributed by atoms with Crippen molar-refractivity contribution in [3.8, 4) is 5.75 Å². The number of aromatic carboxylic acids is 1. The van der Waals surface area contributed by atoms with Gasteiger partial charge in [-0.3, -0.25) is 0 Å². The van der Waals surface area contributed by atoms with Crippen LogP contribution in [0, 0.1) is 6.92 Å². The molecule has 0 saturated heterocycles. The summed E-state index contributed by atoms with van der Waals surface area (Å²) in [6, 6.07) is 12.7. The van der Waals surface area contributed by atoms with Crippen LogP contribution in [0.15, 0.2) is 42.5 Å². The minimum absolute atomic E-state index is 0.300. The van der Waals surface area contributed by atoms with Gasteiger partial charge in [0.25, 0.3) is 0 Å². The zero-order valence-electron chi connectivity index (χ0n) is 11.5. The van der Waals surface area contributed by atoms with E-state index in [-0.39, 0.29) is 0 Å². The number of anilines is 1. The SMILES string of the molecule is COc1ccc(NCc2ccc(C(=O)O)cc2)cc1C. The van der Waals surface area contributed by atoms with E-state index in [2.05, 4.69) is 5.32 Å². The molecule has 0 spiro atoms. The summed E-state index contributed by atoms with van der Waals surface area (Å²) in [6.07, 6.45) is 0. The summed E-state index contributed by atoms with van der Waals surface area (Å²) in [4.78, 5) is 10.8. The van der Waals surface area contributed by atoms with Gasteiger partial charge in [0.15, 0.2) is 0 Å². The van der Waals surface area contributed by atoms with Gasteiger partial charge in [0.05, 0.1) is 12.7 Å². The van der Waals surface area contributed by atoms with Gasteiger partial charge in [-0.15, -0.1) is 0 Å². The molecule has 0 aliphatic rings. The molecule has 20 heavy (non-hydrogen) atoms. The van der Waals surface area contributed by atoms with Crippen LogP contribution in [-0.2, 0) is 6.54 Å². The van der Waals surface area contributed by atoms with Gasteiger partial charge < -0.3 is 15.2 Å². The second-order valence-corrected chi connectivity index (χ2v) is 4.54. The fraction of sp³-hybridized carbons (Fsp3) is 0.188. The number of hydrogen-bond donors (Lipinski definition) is 2. The molecular weight excluding hydrogens is 254 g/mol. The van der Waals surface area contributed by atoms with Crippen molar-refractivity contribution in [2.45, 2.75) is 13.5 Å². The Labute approximate surface area is 118 Å². The van der Waals surface area contributed by atoms with E-state index in [0.29, 0.717) is 12.1 Å². The van der Waals surface area contributed by atoms with E-state index in [1.165, 1.54) is 0 Å². The second-order valence-electron chi connectivity index (χ2n) is 4.54. The van der Waals surface area contributed by atoms with Crippen molar-refractivity contribution >= 4 is 11.7 Å². The number of ether oxygens (including phenoxy) is 1. The quantitative estimate of drug-likeness (QED) is 0.876. The molecule has 2 aromatic carbocycles. The van der Waals surface area contributed by atoms with Crippen LogP contribution >= 0.6 is 0 Å². The second kappa shape index (κ2) is 6.10. The van der Waals surface area contributed by atoms with Crippen molar-refractivity contribution in [3.05, 3.63) is 59.2 Å². The molecule has 104 valence electrons. The molecule has 0 radical (unpaired) electrons. The van der Waals surface area contributed by atoms with Gasteiger partial charge >= 0.3 is 5.97 Å². The van der Waals surface area contributed by atoms with Crippen LogP contribution in [0.4, 0.5) is 5.69 Å². The van der Waals surface area contributed by atoms with Crippen molar-refractivity contribution in [1.82, 2.24) is 0 Å². The average molecular weight is 271 g/mol. The third-order valence-corrected chi connectivity index (χ3v) is 3.09. The van der Waals surface area contributed by atoms with E-state index in [4.69, 9.17) is 9.84 Å². The van der Waals surface area contributed by atoms with Crippen LogP contribution in [0.3, 0.4) is 0 Å². The highest BCUT2D eigenvalue weighted by Gasteiger charge is 2.02. The molecule has 2 aromatic rings. The van der Waals surface area contributed by atoms with Gasteiger partial charge in [-0.05, 0) is 48.4 Å². The zero-order valence-corrected chi connectivity index (χ0v) is 11.5. The Balaban J connectivity index is 2.01. The lowest BCUT2D eigenvalue weighted by Crippen LogP contribution is -2.01. The third-order valence-electron chi connectivity index (χ3n) is 3.09. The minimum Gasteiger partial charge on any atom is -0.496 e. The predicted molar refractivity (Wildman–Crippen MR) is 78.5 cm³/mol. The molecule has 0 amide bonds. The lowest BCUT2D eigenvalue weighted by Gasteiger charge is -2.10. The molecular formula is C16H17NO3. The number of carboxylic acids is 1. The molecule has 0 heterocycles. The van der Waals surface area contributed by atoms with Gasteiger partial charge in [0, 0.05) is 12.2 Å². The molecule has 4 nitrogen and oxygen atoms in total. The molecule has 0 fully saturated rings. The Morgan fingerprint density at radius 3 is 2.45 bits per heavy atom. The van der Waals surface area contributed by atoms with E-state index in [1.807, 2.05) is 37.3 Å². The molecule has 0 aliphatic heterocycles. The highest BCUT2D eigenvalue weighted by molar-refractivity contribution is 5.87. The molecule has 0 aromatic heterocycles. The summed E-state index contributed by atoms with van der Waals surface area (Å²) in [5, 5.41) is 12.1. The van der Waals surface area contributed by atoms with Gasteiger partial charge in [-0.25, -0.2) is 4.79 Å². The Morgan fingerprint density at radius 2 is 1.90 bits per heavy atom. The number of aryl methyl sites for hydroxylation is 1. The maximum absolute atomic E-state index is 10.8. The first-order valence-electron chi connectivity index (χ1n) is 6.31. The predicted octanol–water partition coefficient (Wildman–Crippen LogP) is 3.31. The smallest absolute Gasteiger partial charge is 0.335 e. The fourth-order valence-corrected chi connectivity index (χ4v) is 1.96. The Kier molecular flexibility index (Phi) is 4.25. The van der Waals surface area contributed by atoms with E-state index < -0.39 is 5.97 Å². The van der Waals surface area contributed by atoms with Gasteiger partial charge in [-0.1, -0.05) is 12.1 Å². The number of rotatable bonds is 5. The molecule has 4 heteroatoms. The van der Waals surface area contributed by atoms with Crippen molar-refractivity contribution in [2.75, 3.05) is 12.4 Å². The van der Waals surface area contributed by atoms with Crippen LogP contribution < -0.4 is 10.1 Å². The van der Waals surface area contributed by atoms with Gasteiger partial charge in [0.2, 0.25) is 0 Å². The van der Waals surface area contributed by atoms with E-state index in [0.717, 1.165) is 22.6 Å². The van der Waals surface area contributed by atoms with Crippen LogP contribution in [0.25, 0.3) is 0 Å². The van der Waals surface area contributed by atoms with Crippen LogP contribution in [0.2, 0.25) is 0 Å². The van der Waals surface area contributed by atoms with Crippen molar-refractivity contribution in [1.29, 1.82) is 0 Å². The Hall–Kier alpha value is -2.49. The number of methoxy groups -OCH3 is 1. The topological polar surface area (TPSA) is 58.6 Å². The van der Waals surface area contributed by atoms with Crippen molar-refractivity contribution in [2.24, 2.45) is 0 Å². The van der Waals surface area contributed by atoms with Crippen LogP contribution in [0.5, 0.6) is 5.75 Å². The number of carboxylic acid groups (broad SMARTS) is 1. The first-order chi connectivity index (χ1) is 9.60. The van der Waals surface area contributed by atoms with Crippen LogP contribution in [-0.4, -0.2) is 18.2 Å². The molecule has 2 N–H and O–H groups in total. The maximum atomic E-state index is 10.8. The molecule has 0 atom stereocenters. The highest BCUT2D eigenvalue weighted by Crippen LogP contribution is 2.21. The Morgan fingerprint density at radius 1 is 1.20 bits per heavy atom. The first-order valence-corrected chi connectivity index (χ1v) is 6.31. The Bertz CT molecular complexity index is 606. The fourth-order valence-electron chi connectivity index (χ4n) is 1.96. The number of hydrogen-bond acceptors (Lipinski definition) is 3. The molecule has 2 rings (SSSR count). The van der Waals surface area contributed by atoms with E-state index >= 15 is 0 Å². The van der Waals surface area contributed by atoms with E-state index in [1.54, 1.807) is 19.2 Å². The minimum atomic E-state index is -0.907. The lowest BCUT2D eigenvalue weighted by atomic mass is 10.1. The summed E-state index contributed by atoms with van der Waals surface area (Å²) >= 11 is 0. The number of benzene rings is 2. The summed E-state index contributed by atoms with van der Waals surface area (Å²) in [6.45, 7) is 2.64. The monoisotopic (exact) mass is 271 g/mol. The van der Waals surface area contributed by atoms with Gasteiger partial charge in [-0.2, -0.15) is 0 Å². The van der Waals surface area contributed by atoms with Crippen LogP contribution in [0.1, 0.15) is 21.5 Å². The molecule has 0 aliphatic carbocycles. The standard InChI is InChI=1S/C16H17NO3/c1-11-9-14(7-8-15(11)20-2)17-10-12-3-5-13(6-4-12)16(18)19/h3-9,17H,10H2,1-2H3,(H,18,19). The summed E-state index contributed by atoms with van der Waals surface area (Å²) in [7, 11) is 1.65. The molecule has 0 saturated carbocycles. The third kappa shape index (κ3) is 3.29. The number of carbonyl (C=O) groups is 1. The molecule has 0 unspecified atom stereocenters. The number of nitrogens with one attached hydrogen (secondary N) is 1. The molecule has 0 bridgehead atoms. The summed E-state index contributed by atoms with van der Waals surface area (Å²) in [5.74, 6) is -0.0448. The van der Waals surface area contributed by atoms with Gasteiger partial charge in [0.1, 0.15) is 5.75 Å². The average Bonchev–Trinajstić information content (AvgIpc) is 2.45. The highest BCUT2D eigenvalue weighted by atomic mass is 16.5. The lowest BCUT2D eigenvalue weighted by molar-refractivity contribution is 0.0697. The van der Waals surface area contributed by atoms with Crippen molar-refractivity contribution < 1.29 is 14.6 Å².